The second-order valence-corrected chi connectivity index (χ2v) is 3.37. The fourth-order valence-corrected chi connectivity index (χ4v) is 1.35. The van der Waals surface area contributed by atoms with E-state index in [1.807, 2.05) is 0 Å². The van der Waals surface area contributed by atoms with Crippen molar-refractivity contribution in [2.75, 3.05) is 0 Å². The van der Waals surface area contributed by atoms with E-state index in [0.717, 1.165) is 4.57 Å². The maximum Gasteiger partial charge on any atom is 0.319 e. The van der Waals surface area contributed by atoms with Gasteiger partial charge in [-0.15, -0.1) is 0 Å². The van der Waals surface area contributed by atoms with Gasteiger partial charge < -0.3 is 9.84 Å². The van der Waals surface area contributed by atoms with E-state index in [4.69, 9.17) is 4.52 Å². The zero-order valence-corrected chi connectivity index (χ0v) is 9.10. The minimum Gasteiger partial charge on any atom is -0.338 e. The van der Waals surface area contributed by atoms with Gasteiger partial charge in [-0.1, -0.05) is 5.16 Å². The van der Waals surface area contributed by atoms with Gasteiger partial charge in [-0.2, -0.15) is 13.8 Å². The van der Waals surface area contributed by atoms with E-state index in [-0.39, 0.29) is 12.4 Å². The number of nitrogens with one attached hydrogen (secondary N) is 1. The smallest absolute Gasteiger partial charge is 0.319 e. The fourth-order valence-electron chi connectivity index (χ4n) is 1.35. The molecule has 2 aromatic rings. The molecule has 0 aliphatic heterocycles. The molecule has 1 N–H and O–H groups in total. The van der Waals surface area contributed by atoms with E-state index >= 15 is 0 Å². The summed E-state index contributed by atoms with van der Waals surface area (Å²) in [5.41, 5.74) is 0. The van der Waals surface area contributed by atoms with E-state index in [1.165, 1.54) is 12.4 Å². The van der Waals surface area contributed by atoms with Crippen molar-refractivity contribution in [3.8, 4) is 0 Å². The van der Waals surface area contributed by atoms with E-state index in [9.17, 15) is 8.78 Å². The van der Waals surface area contributed by atoms with Crippen molar-refractivity contribution in [2.45, 2.75) is 26.6 Å². The lowest BCUT2D eigenvalue weighted by atomic mass is 10.5. The van der Waals surface area contributed by atoms with Crippen LogP contribution in [0.1, 0.15) is 24.1 Å². The summed E-state index contributed by atoms with van der Waals surface area (Å²) in [7, 11) is 0. The first-order valence-corrected chi connectivity index (χ1v) is 4.96. The first-order chi connectivity index (χ1) is 8.16. The molecule has 0 radical (unpaired) electrons. The summed E-state index contributed by atoms with van der Waals surface area (Å²) in [6.07, 6.45) is 2.57. The highest BCUT2D eigenvalue weighted by Gasteiger charge is 2.11. The molecule has 0 unspecified atom stereocenters. The molecule has 92 valence electrons. The van der Waals surface area contributed by atoms with Crippen LogP contribution in [-0.4, -0.2) is 19.7 Å². The number of hydrogen-bond donors (Lipinski definition) is 1. The lowest BCUT2D eigenvalue weighted by Crippen LogP contribution is -2.17. The molecule has 0 atom stereocenters. The second kappa shape index (κ2) is 5.00. The molecule has 0 saturated carbocycles. The van der Waals surface area contributed by atoms with E-state index in [1.54, 1.807) is 6.92 Å². The molecular weight excluding hydrogens is 232 g/mol. The van der Waals surface area contributed by atoms with Crippen LogP contribution in [0.2, 0.25) is 0 Å². The number of imidazole rings is 1. The van der Waals surface area contributed by atoms with Crippen molar-refractivity contribution in [1.82, 2.24) is 25.0 Å². The van der Waals surface area contributed by atoms with Gasteiger partial charge in [-0.25, -0.2) is 4.98 Å². The Hall–Kier alpha value is -1.83. The van der Waals surface area contributed by atoms with Gasteiger partial charge in [-0.05, 0) is 6.92 Å². The van der Waals surface area contributed by atoms with Crippen LogP contribution in [0.4, 0.5) is 8.78 Å². The second-order valence-electron chi connectivity index (χ2n) is 3.37. The van der Waals surface area contributed by atoms with Gasteiger partial charge in [0.05, 0.1) is 13.1 Å². The molecule has 0 bridgehead atoms. The summed E-state index contributed by atoms with van der Waals surface area (Å²) in [5, 5.41) is 6.51. The Morgan fingerprint density at radius 1 is 1.47 bits per heavy atom. The van der Waals surface area contributed by atoms with Crippen molar-refractivity contribution in [1.29, 1.82) is 0 Å². The van der Waals surface area contributed by atoms with Crippen LogP contribution in [0.5, 0.6) is 0 Å². The Balaban J connectivity index is 1.88. The fraction of sp³-hybridized carbons (Fsp3) is 0.444. The maximum absolute atomic E-state index is 12.5. The molecule has 0 aromatic carbocycles. The summed E-state index contributed by atoms with van der Waals surface area (Å²) >= 11 is 0. The van der Waals surface area contributed by atoms with Crippen molar-refractivity contribution in [3.63, 3.8) is 0 Å². The molecule has 2 rings (SSSR count). The summed E-state index contributed by atoms with van der Waals surface area (Å²) in [4.78, 5) is 7.80. The van der Waals surface area contributed by atoms with E-state index in [0.29, 0.717) is 18.3 Å². The normalized spacial score (nSPS) is 11.3. The first-order valence-electron chi connectivity index (χ1n) is 4.96. The minimum absolute atomic E-state index is 0.207. The van der Waals surface area contributed by atoms with Crippen molar-refractivity contribution < 1.29 is 13.3 Å². The molecule has 0 spiro atoms. The highest BCUT2D eigenvalue weighted by molar-refractivity contribution is 4.92. The average Bonchev–Trinajstić information content (AvgIpc) is 2.87. The quantitative estimate of drug-likeness (QED) is 0.856. The summed E-state index contributed by atoms with van der Waals surface area (Å²) in [6.45, 7) is -0.355. The van der Waals surface area contributed by atoms with Gasteiger partial charge in [-0.3, -0.25) is 4.57 Å². The molecule has 0 aliphatic carbocycles. The van der Waals surface area contributed by atoms with Gasteiger partial charge in [0.2, 0.25) is 5.89 Å². The predicted molar refractivity (Wildman–Crippen MR) is 53.1 cm³/mol. The molecule has 2 aromatic heterocycles. The highest BCUT2D eigenvalue weighted by Crippen LogP contribution is 2.11. The number of halogens is 2. The first kappa shape index (κ1) is 11.6. The monoisotopic (exact) mass is 243 g/mol. The lowest BCUT2D eigenvalue weighted by Gasteiger charge is -2.06. The number of rotatable bonds is 5. The van der Waals surface area contributed by atoms with Gasteiger partial charge in [0.1, 0.15) is 5.82 Å². The summed E-state index contributed by atoms with van der Waals surface area (Å²) < 4.78 is 30.6. The van der Waals surface area contributed by atoms with Crippen LogP contribution >= 0.6 is 0 Å². The minimum atomic E-state index is -2.58. The summed E-state index contributed by atoms with van der Waals surface area (Å²) in [6, 6.07) is 0. The zero-order valence-electron chi connectivity index (χ0n) is 9.10. The Kier molecular flexibility index (Phi) is 3.43. The third kappa shape index (κ3) is 2.84. The SMILES string of the molecule is Cc1noc(CNCc2nccn2C(F)F)n1. The standard InChI is InChI=1S/C9H11F2N5O/c1-6-14-8(17-15-6)5-12-4-7-13-2-3-16(7)9(10)11/h2-3,9,12H,4-5H2,1H3. The molecule has 6 nitrogen and oxygen atoms in total. The number of hydrogen-bond acceptors (Lipinski definition) is 5. The number of aryl methyl sites for hydroxylation is 1. The number of aromatic nitrogens is 4. The van der Waals surface area contributed by atoms with E-state index < -0.39 is 6.55 Å². The molecule has 2 heterocycles. The molecule has 8 heteroatoms. The van der Waals surface area contributed by atoms with Crippen LogP contribution in [0, 0.1) is 6.92 Å². The highest BCUT2D eigenvalue weighted by atomic mass is 19.3. The number of nitrogens with zero attached hydrogens (tertiary/aromatic N) is 4. The average molecular weight is 243 g/mol. The Morgan fingerprint density at radius 3 is 2.94 bits per heavy atom. The van der Waals surface area contributed by atoms with Gasteiger partial charge in [0, 0.05) is 12.4 Å². The lowest BCUT2D eigenvalue weighted by molar-refractivity contribution is 0.0666. The van der Waals surface area contributed by atoms with Crippen molar-refractivity contribution >= 4 is 0 Å². The van der Waals surface area contributed by atoms with E-state index in [2.05, 4.69) is 20.4 Å². The maximum atomic E-state index is 12.5. The van der Waals surface area contributed by atoms with Crippen molar-refractivity contribution in [3.05, 3.63) is 29.9 Å². The third-order valence-corrected chi connectivity index (χ3v) is 2.09. The van der Waals surface area contributed by atoms with Crippen LogP contribution in [0.15, 0.2) is 16.9 Å². The van der Waals surface area contributed by atoms with Crippen molar-refractivity contribution in [2.24, 2.45) is 0 Å². The van der Waals surface area contributed by atoms with Crippen LogP contribution in [0.3, 0.4) is 0 Å². The summed E-state index contributed by atoms with van der Waals surface area (Å²) in [5.74, 6) is 1.21. The Labute approximate surface area is 95.7 Å². The van der Waals surface area contributed by atoms with Crippen LogP contribution in [-0.2, 0) is 13.1 Å². The van der Waals surface area contributed by atoms with Gasteiger partial charge in [0.25, 0.3) is 0 Å². The zero-order chi connectivity index (χ0) is 12.3. The van der Waals surface area contributed by atoms with Crippen LogP contribution < -0.4 is 5.32 Å². The number of alkyl halides is 2. The molecule has 0 aliphatic rings. The topological polar surface area (TPSA) is 68.8 Å². The molecule has 0 saturated heterocycles. The van der Waals surface area contributed by atoms with Gasteiger partial charge in [0.15, 0.2) is 5.82 Å². The Bertz CT molecular complexity index is 481. The predicted octanol–water partition coefficient (Wildman–Crippen LogP) is 1.26. The molecule has 0 amide bonds. The molecule has 0 fully saturated rings. The molecular formula is C9H11F2N5O. The molecule has 17 heavy (non-hydrogen) atoms. The van der Waals surface area contributed by atoms with Crippen LogP contribution in [0.25, 0.3) is 0 Å². The largest absolute Gasteiger partial charge is 0.338 e. The van der Waals surface area contributed by atoms with Gasteiger partial charge >= 0.3 is 6.55 Å². The third-order valence-electron chi connectivity index (χ3n) is 2.09. The Morgan fingerprint density at radius 2 is 2.29 bits per heavy atom.